The Kier molecular flexibility index (Phi) is 5.98. The van der Waals surface area contributed by atoms with E-state index in [1.54, 1.807) is 0 Å². The van der Waals surface area contributed by atoms with Gasteiger partial charge in [-0.15, -0.1) is 0 Å². The topological polar surface area (TPSA) is 70.9 Å². The SMILES string of the molecule is CCCCc1nc(N[C@@H]2CCC(F)(F)C2)nc(C2=C(F)C(O)C(F)CC2)n1. The van der Waals surface area contributed by atoms with Gasteiger partial charge in [-0.3, -0.25) is 0 Å². The fourth-order valence-electron chi connectivity index (χ4n) is 3.44. The molecule has 2 aliphatic rings. The molecule has 0 spiro atoms. The lowest BCUT2D eigenvalue weighted by molar-refractivity contribution is 0.00851. The Bertz CT molecular complexity index is 713. The fourth-order valence-corrected chi connectivity index (χ4v) is 3.44. The normalized spacial score (nSPS) is 27.9. The van der Waals surface area contributed by atoms with Crippen molar-refractivity contribution in [1.82, 2.24) is 15.0 Å². The van der Waals surface area contributed by atoms with Gasteiger partial charge in [0, 0.05) is 30.9 Å². The average Bonchev–Trinajstić information content (AvgIpc) is 2.96. The molecule has 1 fully saturated rings. The molecule has 150 valence electrons. The lowest BCUT2D eigenvalue weighted by Crippen LogP contribution is -2.28. The summed E-state index contributed by atoms with van der Waals surface area (Å²) in [6.45, 7) is 2.00. The minimum atomic E-state index is -2.71. The minimum absolute atomic E-state index is 0.0303. The molecule has 9 heteroatoms. The van der Waals surface area contributed by atoms with Gasteiger partial charge in [-0.1, -0.05) is 13.3 Å². The highest BCUT2D eigenvalue weighted by molar-refractivity contribution is 5.64. The van der Waals surface area contributed by atoms with Crippen molar-refractivity contribution in [1.29, 1.82) is 0 Å². The number of rotatable bonds is 6. The summed E-state index contributed by atoms with van der Waals surface area (Å²) in [7, 11) is 0. The summed E-state index contributed by atoms with van der Waals surface area (Å²) in [6.07, 6.45) is -1.43. The predicted molar refractivity (Wildman–Crippen MR) is 92.8 cm³/mol. The van der Waals surface area contributed by atoms with Gasteiger partial charge >= 0.3 is 0 Å². The maximum atomic E-state index is 14.4. The van der Waals surface area contributed by atoms with Crippen molar-refractivity contribution >= 4 is 11.5 Å². The molecule has 3 rings (SSSR count). The molecule has 1 aromatic heterocycles. The summed E-state index contributed by atoms with van der Waals surface area (Å²) in [4.78, 5) is 12.7. The molecule has 0 aromatic carbocycles. The van der Waals surface area contributed by atoms with E-state index in [2.05, 4.69) is 20.3 Å². The van der Waals surface area contributed by atoms with E-state index in [0.717, 1.165) is 12.8 Å². The number of hydrogen-bond acceptors (Lipinski definition) is 5. The molecule has 1 heterocycles. The summed E-state index contributed by atoms with van der Waals surface area (Å²) in [6, 6.07) is -0.472. The second kappa shape index (κ2) is 8.08. The molecule has 2 N–H and O–H groups in total. The summed E-state index contributed by atoms with van der Waals surface area (Å²) in [5, 5.41) is 12.6. The van der Waals surface area contributed by atoms with Crippen molar-refractivity contribution in [3.63, 3.8) is 0 Å². The van der Waals surface area contributed by atoms with Crippen LogP contribution in [0.4, 0.5) is 23.5 Å². The number of nitrogens with zero attached hydrogens (tertiary/aromatic N) is 3. The quantitative estimate of drug-likeness (QED) is 0.721. The highest BCUT2D eigenvalue weighted by atomic mass is 19.3. The first-order valence-electron chi connectivity index (χ1n) is 9.39. The number of nitrogens with one attached hydrogen (secondary N) is 1. The van der Waals surface area contributed by atoms with Crippen LogP contribution in [0.15, 0.2) is 5.83 Å². The highest BCUT2D eigenvalue weighted by Crippen LogP contribution is 2.37. The Labute approximate surface area is 155 Å². The van der Waals surface area contributed by atoms with Crippen molar-refractivity contribution in [2.24, 2.45) is 0 Å². The van der Waals surface area contributed by atoms with E-state index in [4.69, 9.17) is 0 Å². The van der Waals surface area contributed by atoms with E-state index in [1.807, 2.05) is 6.92 Å². The second-order valence-corrected chi connectivity index (χ2v) is 7.27. The molecule has 2 unspecified atom stereocenters. The molecular weight excluding hydrogens is 364 g/mol. The third kappa shape index (κ3) is 4.75. The Morgan fingerprint density at radius 2 is 2.00 bits per heavy atom. The van der Waals surface area contributed by atoms with Crippen LogP contribution in [-0.2, 0) is 6.42 Å². The first kappa shape index (κ1) is 20.0. The second-order valence-electron chi connectivity index (χ2n) is 7.27. The number of aliphatic hydroxyl groups excluding tert-OH is 1. The molecule has 1 aromatic rings. The van der Waals surface area contributed by atoms with Gasteiger partial charge in [-0.25, -0.2) is 22.5 Å². The van der Waals surface area contributed by atoms with Crippen LogP contribution in [-0.4, -0.2) is 44.3 Å². The predicted octanol–water partition coefficient (Wildman–Crippen LogP) is 3.99. The molecule has 5 nitrogen and oxygen atoms in total. The van der Waals surface area contributed by atoms with Gasteiger partial charge in [-0.05, 0) is 25.7 Å². The molecular formula is C18H24F4N4O. The first-order valence-corrected chi connectivity index (χ1v) is 9.39. The molecule has 1 saturated carbocycles. The van der Waals surface area contributed by atoms with Crippen LogP contribution in [0.25, 0.3) is 5.57 Å². The first-order chi connectivity index (χ1) is 12.8. The van der Waals surface area contributed by atoms with Crippen LogP contribution in [0.1, 0.15) is 63.5 Å². The van der Waals surface area contributed by atoms with Crippen molar-refractivity contribution in [3.8, 4) is 0 Å². The largest absolute Gasteiger partial charge is 0.383 e. The number of aromatic nitrogens is 3. The van der Waals surface area contributed by atoms with Crippen LogP contribution < -0.4 is 5.32 Å². The molecule has 0 amide bonds. The number of aryl methyl sites for hydroxylation is 1. The summed E-state index contributed by atoms with van der Waals surface area (Å²) in [5.41, 5.74) is 0.0522. The zero-order chi connectivity index (χ0) is 19.6. The van der Waals surface area contributed by atoms with Crippen LogP contribution >= 0.6 is 0 Å². The van der Waals surface area contributed by atoms with E-state index in [1.165, 1.54) is 0 Å². The van der Waals surface area contributed by atoms with Gasteiger partial charge in [0.2, 0.25) is 11.9 Å². The molecule has 0 bridgehead atoms. The van der Waals surface area contributed by atoms with Crippen LogP contribution in [0.2, 0.25) is 0 Å². The molecule has 0 radical (unpaired) electrons. The third-order valence-corrected chi connectivity index (χ3v) is 5.00. The number of halogens is 4. The zero-order valence-corrected chi connectivity index (χ0v) is 15.2. The smallest absolute Gasteiger partial charge is 0.250 e. The van der Waals surface area contributed by atoms with Crippen molar-refractivity contribution in [2.75, 3.05) is 5.32 Å². The summed E-state index contributed by atoms with van der Waals surface area (Å²) < 4.78 is 54.8. The summed E-state index contributed by atoms with van der Waals surface area (Å²) >= 11 is 0. The summed E-state index contributed by atoms with van der Waals surface area (Å²) in [5.74, 6) is -3.11. The lowest BCUT2D eigenvalue weighted by Gasteiger charge is -2.23. The zero-order valence-electron chi connectivity index (χ0n) is 15.2. The molecule has 0 aliphatic heterocycles. The monoisotopic (exact) mass is 388 g/mol. The highest BCUT2D eigenvalue weighted by Gasteiger charge is 2.40. The van der Waals surface area contributed by atoms with E-state index < -0.39 is 30.1 Å². The van der Waals surface area contributed by atoms with E-state index in [9.17, 15) is 22.7 Å². The van der Waals surface area contributed by atoms with Crippen LogP contribution in [0.5, 0.6) is 0 Å². The fraction of sp³-hybridized carbons (Fsp3) is 0.722. The number of anilines is 1. The number of alkyl halides is 3. The van der Waals surface area contributed by atoms with Gasteiger partial charge in [0.15, 0.2) is 5.82 Å². The maximum Gasteiger partial charge on any atom is 0.250 e. The molecule has 2 aliphatic carbocycles. The Morgan fingerprint density at radius 1 is 1.22 bits per heavy atom. The van der Waals surface area contributed by atoms with Crippen molar-refractivity contribution in [2.45, 2.75) is 82.5 Å². The van der Waals surface area contributed by atoms with Gasteiger partial charge in [0.1, 0.15) is 23.9 Å². The van der Waals surface area contributed by atoms with Gasteiger partial charge in [0.25, 0.3) is 0 Å². The standard InChI is InChI=1S/C18H24F4N4O/c1-2-3-4-13-24-16(11-5-6-12(19)15(27)14(11)20)26-17(25-13)23-10-7-8-18(21,22)9-10/h10,12,15,27H,2-9H2,1H3,(H,23,24,25,26)/t10-,12?,15?/m1/s1. The average molecular weight is 388 g/mol. The van der Waals surface area contributed by atoms with Gasteiger partial charge in [0.05, 0.1) is 0 Å². The number of unbranched alkanes of at least 4 members (excludes halogenated alkanes) is 1. The molecule has 3 atom stereocenters. The van der Waals surface area contributed by atoms with Crippen molar-refractivity contribution < 1.29 is 22.7 Å². The Hall–Kier alpha value is -1.77. The Balaban J connectivity index is 1.89. The van der Waals surface area contributed by atoms with E-state index >= 15 is 0 Å². The van der Waals surface area contributed by atoms with E-state index in [0.29, 0.717) is 12.2 Å². The maximum absolute atomic E-state index is 14.4. The molecule has 0 saturated heterocycles. The van der Waals surface area contributed by atoms with E-state index in [-0.39, 0.29) is 49.4 Å². The van der Waals surface area contributed by atoms with Crippen LogP contribution in [0.3, 0.4) is 0 Å². The number of hydrogen-bond donors (Lipinski definition) is 2. The number of aliphatic hydroxyl groups is 1. The third-order valence-electron chi connectivity index (χ3n) is 5.00. The lowest BCUT2D eigenvalue weighted by atomic mass is 9.94. The molecule has 27 heavy (non-hydrogen) atoms. The minimum Gasteiger partial charge on any atom is -0.383 e. The van der Waals surface area contributed by atoms with Crippen molar-refractivity contribution in [3.05, 3.63) is 17.5 Å². The number of allylic oxidation sites excluding steroid dienone is 1. The Morgan fingerprint density at radius 3 is 2.67 bits per heavy atom. The van der Waals surface area contributed by atoms with Gasteiger partial charge < -0.3 is 10.4 Å². The van der Waals surface area contributed by atoms with Crippen LogP contribution in [0, 0.1) is 0 Å². The van der Waals surface area contributed by atoms with Gasteiger partial charge in [-0.2, -0.15) is 9.97 Å².